The number of halogens is 3. The summed E-state index contributed by atoms with van der Waals surface area (Å²) in [5.41, 5.74) is -2.03. The van der Waals surface area contributed by atoms with Gasteiger partial charge in [-0.3, -0.25) is 4.98 Å². The highest BCUT2D eigenvalue weighted by molar-refractivity contribution is 5.91. The van der Waals surface area contributed by atoms with Crippen molar-refractivity contribution in [1.82, 2.24) is 4.98 Å². The molecule has 0 unspecified atom stereocenters. The van der Waals surface area contributed by atoms with E-state index in [9.17, 15) is 18.0 Å². The van der Waals surface area contributed by atoms with Crippen molar-refractivity contribution in [3.63, 3.8) is 0 Å². The molecule has 2 aromatic rings. The van der Waals surface area contributed by atoms with Crippen LogP contribution in [0.5, 0.6) is 0 Å². The van der Waals surface area contributed by atoms with Crippen LogP contribution >= 0.6 is 0 Å². The first kappa shape index (κ1) is 13.8. The van der Waals surface area contributed by atoms with Gasteiger partial charge in [-0.1, -0.05) is 5.16 Å². The van der Waals surface area contributed by atoms with Crippen LogP contribution in [0.15, 0.2) is 46.3 Å². The summed E-state index contributed by atoms with van der Waals surface area (Å²) in [7, 11) is 0. The van der Waals surface area contributed by atoms with Gasteiger partial charge in [-0.25, -0.2) is 4.79 Å². The van der Waals surface area contributed by atoms with Crippen molar-refractivity contribution >= 4 is 12.2 Å². The monoisotopic (exact) mass is 284 g/mol. The highest BCUT2D eigenvalue weighted by Crippen LogP contribution is 2.30. The number of hydrogen-bond acceptors (Lipinski definition) is 5. The fraction of sp³-hybridized carbons (Fsp3) is 0.0833. The molecule has 0 radical (unpaired) electrons. The summed E-state index contributed by atoms with van der Waals surface area (Å²) in [6.45, 7) is 0. The van der Waals surface area contributed by atoms with Crippen LogP contribution < -0.4 is 0 Å². The zero-order chi connectivity index (χ0) is 14.6. The van der Waals surface area contributed by atoms with Crippen molar-refractivity contribution < 1.29 is 27.2 Å². The molecule has 0 fully saturated rings. The second-order valence-electron chi connectivity index (χ2n) is 3.53. The highest BCUT2D eigenvalue weighted by Gasteiger charge is 2.37. The highest BCUT2D eigenvalue weighted by atomic mass is 19.4. The molecule has 0 bridgehead atoms. The molecule has 0 aromatic carbocycles. The smallest absolute Gasteiger partial charge is 0.434 e. The van der Waals surface area contributed by atoms with Gasteiger partial charge in [-0.2, -0.15) is 13.2 Å². The summed E-state index contributed by atoms with van der Waals surface area (Å²) >= 11 is 0. The molecule has 8 heteroatoms. The Kier molecular flexibility index (Phi) is 3.83. The maximum atomic E-state index is 12.6. The molecule has 0 amide bonds. The zero-order valence-corrected chi connectivity index (χ0v) is 9.79. The molecule has 0 aliphatic heterocycles. The van der Waals surface area contributed by atoms with Crippen molar-refractivity contribution in [2.24, 2.45) is 5.16 Å². The molecule has 2 rings (SSSR count). The van der Waals surface area contributed by atoms with Crippen LogP contribution in [0.25, 0.3) is 0 Å². The van der Waals surface area contributed by atoms with Gasteiger partial charge in [0.25, 0.3) is 0 Å². The summed E-state index contributed by atoms with van der Waals surface area (Å²) in [6.07, 6.45) is -1.39. The number of carbonyl (C=O) groups is 1. The van der Waals surface area contributed by atoms with Crippen LogP contribution in [0.2, 0.25) is 0 Å². The van der Waals surface area contributed by atoms with Crippen molar-refractivity contribution in [3.8, 4) is 0 Å². The van der Waals surface area contributed by atoms with Gasteiger partial charge in [0.15, 0.2) is 5.69 Å². The van der Waals surface area contributed by atoms with E-state index >= 15 is 0 Å². The lowest BCUT2D eigenvalue weighted by Crippen LogP contribution is -2.15. The maximum absolute atomic E-state index is 12.6. The lowest BCUT2D eigenvalue weighted by Gasteiger charge is -2.08. The van der Waals surface area contributed by atoms with Crippen LogP contribution in [0.4, 0.5) is 13.2 Å². The van der Waals surface area contributed by atoms with E-state index < -0.39 is 23.4 Å². The number of rotatable bonds is 3. The third-order valence-electron chi connectivity index (χ3n) is 2.15. The molecule has 0 saturated heterocycles. The summed E-state index contributed by atoms with van der Waals surface area (Å²) < 4.78 is 42.8. The van der Waals surface area contributed by atoms with Gasteiger partial charge in [0.05, 0.1) is 11.8 Å². The lowest BCUT2D eigenvalue weighted by molar-refractivity contribution is -0.141. The standard InChI is InChI=1S/C12H7F3N2O3/c13-12(14,15)10-9(4-1-5-16-10)11(18)20-17-7-8-3-2-6-19-8/h1-7H/b17-7+. The van der Waals surface area contributed by atoms with Gasteiger partial charge in [-0.15, -0.1) is 0 Å². The van der Waals surface area contributed by atoms with Gasteiger partial charge >= 0.3 is 12.1 Å². The Morgan fingerprint density at radius 3 is 2.80 bits per heavy atom. The quantitative estimate of drug-likeness (QED) is 0.494. The van der Waals surface area contributed by atoms with Gasteiger partial charge < -0.3 is 9.25 Å². The largest absolute Gasteiger partial charge is 0.463 e. The Bertz CT molecular complexity index is 621. The predicted molar refractivity (Wildman–Crippen MR) is 61.0 cm³/mol. The summed E-state index contributed by atoms with van der Waals surface area (Å²) in [4.78, 5) is 19.0. The summed E-state index contributed by atoms with van der Waals surface area (Å²) in [5, 5.41) is 3.25. The van der Waals surface area contributed by atoms with E-state index in [2.05, 4.69) is 15.0 Å². The molecule has 2 aromatic heterocycles. The Labute approximate surface area is 110 Å². The average molecular weight is 284 g/mol. The van der Waals surface area contributed by atoms with Crippen molar-refractivity contribution in [1.29, 1.82) is 0 Å². The first-order chi connectivity index (χ1) is 9.48. The Hall–Kier alpha value is -2.64. The number of nitrogens with zero attached hydrogens (tertiary/aromatic N) is 2. The van der Waals surface area contributed by atoms with Gasteiger partial charge in [-0.05, 0) is 24.3 Å². The molecule has 104 valence electrons. The minimum atomic E-state index is -4.75. The SMILES string of the molecule is O=C(O/N=C/c1ccco1)c1cccnc1C(F)(F)F. The Morgan fingerprint density at radius 1 is 1.35 bits per heavy atom. The van der Waals surface area contributed by atoms with Crippen LogP contribution in [-0.2, 0) is 11.0 Å². The molecule has 0 N–H and O–H groups in total. The fourth-order valence-corrected chi connectivity index (χ4v) is 1.34. The van der Waals surface area contributed by atoms with E-state index in [1.807, 2.05) is 0 Å². The first-order valence-corrected chi connectivity index (χ1v) is 5.29. The van der Waals surface area contributed by atoms with Crippen molar-refractivity contribution in [2.75, 3.05) is 0 Å². The minimum Gasteiger partial charge on any atom is -0.463 e. The van der Waals surface area contributed by atoms with Crippen LogP contribution in [-0.4, -0.2) is 17.2 Å². The zero-order valence-electron chi connectivity index (χ0n) is 9.79. The Balaban J connectivity index is 2.14. The number of aromatic nitrogens is 1. The number of hydrogen-bond donors (Lipinski definition) is 0. The molecule has 0 aliphatic carbocycles. The molecular weight excluding hydrogens is 277 g/mol. The number of furan rings is 1. The van der Waals surface area contributed by atoms with Crippen molar-refractivity contribution in [2.45, 2.75) is 6.18 Å². The second kappa shape index (κ2) is 5.55. The van der Waals surface area contributed by atoms with E-state index in [1.54, 1.807) is 6.07 Å². The molecule has 0 aliphatic rings. The fourth-order valence-electron chi connectivity index (χ4n) is 1.34. The molecule has 0 saturated carbocycles. The van der Waals surface area contributed by atoms with E-state index in [4.69, 9.17) is 4.42 Å². The lowest BCUT2D eigenvalue weighted by atomic mass is 10.2. The van der Waals surface area contributed by atoms with Gasteiger partial charge in [0, 0.05) is 6.20 Å². The van der Waals surface area contributed by atoms with E-state index in [-0.39, 0.29) is 0 Å². The maximum Gasteiger partial charge on any atom is 0.434 e. The third-order valence-corrected chi connectivity index (χ3v) is 2.15. The first-order valence-electron chi connectivity index (χ1n) is 5.29. The van der Waals surface area contributed by atoms with Crippen LogP contribution in [0.3, 0.4) is 0 Å². The molecule has 2 heterocycles. The second-order valence-corrected chi connectivity index (χ2v) is 3.53. The predicted octanol–water partition coefficient (Wildman–Crippen LogP) is 2.88. The molecule has 20 heavy (non-hydrogen) atoms. The minimum absolute atomic E-state index is 0.292. The summed E-state index contributed by atoms with van der Waals surface area (Å²) in [5.74, 6) is -0.965. The number of oxime groups is 1. The van der Waals surface area contributed by atoms with Crippen LogP contribution in [0, 0.1) is 0 Å². The molecule has 5 nitrogen and oxygen atoms in total. The van der Waals surface area contributed by atoms with E-state index in [0.29, 0.717) is 5.76 Å². The van der Waals surface area contributed by atoms with E-state index in [0.717, 1.165) is 18.5 Å². The topological polar surface area (TPSA) is 64.7 Å². The Morgan fingerprint density at radius 2 is 2.15 bits per heavy atom. The van der Waals surface area contributed by atoms with Gasteiger partial charge in [0.2, 0.25) is 0 Å². The van der Waals surface area contributed by atoms with Crippen LogP contribution in [0.1, 0.15) is 21.8 Å². The van der Waals surface area contributed by atoms with Gasteiger partial charge in [0.1, 0.15) is 12.0 Å². The normalized spacial score (nSPS) is 11.8. The van der Waals surface area contributed by atoms with Crippen molar-refractivity contribution in [3.05, 3.63) is 53.7 Å². The number of pyridine rings is 1. The molecule has 0 atom stereocenters. The number of carbonyl (C=O) groups excluding carboxylic acids is 1. The van der Waals surface area contributed by atoms with E-state index in [1.165, 1.54) is 18.4 Å². The average Bonchev–Trinajstić information content (AvgIpc) is 2.91. The summed E-state index contributed by atoms with van der Waals surface area (Å²) in [6, 6.07) is 5.26. The number of alkyl halides is 3. The molecule has 0 spiro atoms. The molecular formula is C12H7F3N2O3. The third kappa shape index (κ3) is 3.22.